The number of carbonyl (C=O) groups excluding carboxylic acids is 3. The number of phosphoric ester groups is 1. The van der Waals surface area contributed by atoms with Gasteiger partial charge in [0.1, 0.15) is 24.0 Å². The molecule has 0 bridgehead atoms. The number of benzene rings is 1. The van der Waals surface area contributed by atoms with Crippen LogP contribution in [0.15, 0.2) is 35.4 Å². The maximum Gasteiger partial charge on any atom is 0.472 e. The highest BCUT2D eigenvalue weighted by Crippen LogP contribution is 2.53. The molecule has 3 aromatic rings. The number of nitrogens with one attached hydrogen (secondary N) is 2. The summed E-state index contributed by atoms with van der Waals surface area (Å²) in [4.78, 5) is 70.4. The number of phenols is 1. The van der Waals surface area contributed by atoms with E-state index in [2.05, 4.69) is 20.3 Å². The van der Waals surface area contributed by atoms with Crippen LogP contribution in [0.2, 0.25) is 0 Å². The van der Waals surface area contributed by atoms with E-state index in [4.69, 9.17) is 29.0 Å². The van der Waals surface area contributed by atoms with Crippen molar-refractivity contribution in [1.29, 1.82) is 0 Å². The smallest absolute Gasteiger partial charge is 0.472 e. The minimum Gasteiger partial charge on any atom is -0.508 e. The molecule has 19 heteroatoms. The van der Waals surface area contributed by atoms with Gasteiger partial charge in [-0.3, -0.25) is 33.0 Å². The van der Waals surface area contributed by atoms with Crippen molar-refractivity contribution in [3.05, 3.63) is 46.5 Å². The van der Waals surface area contributed by atoms with E-state index < -0.39 is 74.7 Å². The van der Waals surface area contributed by atoms with Gasteiger partial charge in [-0.25, -0.2) is 14.3 Å². The van der Waals surface area contributed by atoms with Crippen LogP contribution in [-0.4, -0.2) is 85.4 Å². The zero-order chi connectivity index (χ0) is 30.9. The highest BCUT2D eigenvalue weighted by atomic mass is 31.2. The lowest BCUT2D eigenvalue weighted by Crippen LogP contribution is -2.43. The molecule has 2 saturated heterocycles. The molecule has 2 fully saturated rings. The number of phenolic OH excluding ortho intramolecular Hbond substituents is 1. The number of aromatic hydroxyl groups is 1. The first-order valence-electron chi connectivity index (χ1n) is 12.8. The van der Waals surface area contributed by atoms with Crippen molar-refractivity contribution < 1.29 is 52.2 Å². The predicted octanol–water partition coefficient (Wildman–Crippen LogP) is -0.587. The number of nitrogens with two attached hydrogens (primary N) is 1. The highest BCUT2D eigenvalue weighted by molar-refractivity contribution is 7.47. The van der Waals surface area contributed by atoms with E-state index in [-0.39, 0.29) is 35.9 Å². The van der Waals surface area contributed by atoms with Crippen LogP contribution in [0.5, 0.6) is 5.75 Å². The molecule has 6 unspecified atom stereocenters. The van der Waals surface area contributed by atoms with Crippen LogP contribution in [0.4, 0.5) is 5.95 Å². The Balaban J connectivity index is 1.28. The molecule has 43 heavy (non-hydrogen) atoms. The van der Waals surface area contributed by atoms with Gasteiger partial charge < -0.3 is 35.3 Å². The third-order valence-electron chi connectivity index (χ3n) is 6.69. The first-order chi connectivity index (χ1) is 20.4. The molecular formula is C24H27N6O12P. The topological polar surface area (TPSA) is 257 Å². The first-order valence-corrected chi connectivity index (χ1v) is 14.3. The number of carbonyl (C=O) groups is 3. The highest BCUT2D eigenvalue weighted by Gasteiger charge is 2.55. The van der Waals surface area contributed by atoms with Crippen molar-refractivity contribution in [3.63, 3.8) is 0 Å². The zero-order valence-electron chi connectivity index (χ0n) is 22.4. The van der Waals surface area contributed by atoms with Crippen molar-refractivity contribution in [3.8, 4) is 5.75 Å². The Hall–Kier alpha value is -4.35. The standard InChI is InChI=1S/C24H27N6O12P/c1-38-23(35)13(8-11-2-4-12(31)5-3-11)27-15(32)6-7-16(33)41-19-18-14(9-39-43(36,37)42-18)40-22(19)30-10-26-17-20(30)28-24(25)29-21(17)34/h2-5,10,13-14,18-19,22,31H,6-9H2,1H3,(H,27,32)(H,36,37)(H3,25,28,29,34). The summed E-state index contributed by atoms with van der Waals surface area (Å²) >= 11 is 0. The van der Waals surface area contributed by atoms with Gasteiger partial charge in [0.25, 0.3) is 5.56 Å². The number of amides is 1. The fraction of sp³-hybridized carbons (Fsp3) is 0.417. The summed E-state index contributed by atoms with van der Waals surface area (Å²) in [5.41, 5.74) is 5.57. The lowest BCUT2D eigenvalue weighted by molar-refractivity contribution is -0.159. The number of nitrogen functional groups attached to an aromatic ring is 1. The number of aromatic nitrogens is 4. The van der Waals surface area contributed by atoms with Crippen LogP contribution in [0.3, 0.4) is 0 Å². The molecule has 0 radical (unpaired) electrons. The summed E-state index contributed by atoms with van der Waals surface area (Å²) < 4.78 is 39.7. The molecule has 2 aliphatic rings. The van der Waals surface area contributed by atoms with Gasteiger partial charge in [0, 0.05) is 12.8 Å². The lowest BCUT2D eigenvalue weighted by atomic mass is 10.1. The fourth-order valence-electron chi connectivity index (χ4n) is 4.70. The van der Waals surface area contributed by atoms with Gasteiger partial charge >= 0.3 is 19.8 Å². The molecule has 2 aromatic heterocycles. The number of aromatic amines is 1. The van der Waals surface area contributed by atoms with Crippen LogP contribution in [0.25, 0.3) is 11.2 Å². The summed E-state index contributed by atoms with van der Waals surface area (Å²) in [5.74, 6) is -2.47. The minimum absolute atomic E-state index is 0.0131. The Bertz CT molecular complexity index is 1640. The fourth-order valence-corrected chi connectivity index (χ4v) is 5.66. The number of ether oxygens (including phenoxy) is 3. The van der Waals surface area contributed by atoms with E-state index in [9.17, 15) is 33.7 Å². The van der Waals surface area contributed by atoms with Crippen LogP contribution < -0.4 is 16.6 Å². The van der Waals surface area contributed by atoms with Crippen LogP contribution >= 0.6 is 7.82 Å². The van der Waals surface area contributed by atoms with Gasteiger partial charge in [-0.1, -0.05) is 12.1 Å². The van der Waals surface area contributed by atoms with Crippen molar-refractivity contribution in [2.24, 2.45) is 0 Å². The second kappa shape index (κ2) is 12.1. The molecule has 6 atom stereocenters. The SMILES string of the molecule is COC(=O)C(Cc1ccc(O)cc1)NC(=O)CCC(=O)OC1C2OP(=O)(O)OCC2OC1n1cnc2c(=O)[nH]c(N)nc21. The average Bonchev–Trinajstić information content (AvgIpc) is 3.52. The normalized spacial score (nSPS) is 25.5. The molecule has 1 aromatic carbocycles. The van der Waals surface area contributed by atoms with Gasteiger partial charge in [0.15, 0.2) is 23.5 Å². The second-order valence-corrected chi connectivity index (χ2v) is 11.0. The Morgan fingerprint density at radius 3 is 2.74 bits per heavy atom. The molecule has 1 amide bonds. The van der Waals surface area contributed by atoms with Crippen LogP contribution in [0.1, 0.15) is 24.6 Å². The molecule has 0 spiro atoms. The number of phosphoric acid groups is 1. The van der Waals surface area contributed by atoms with E-state index in [1.54, 1.807) is 12.1 Å². The molecule has 0 saturated carbocycles. The number of nitrogens with zero attached hydrogens (tertiary/aromatic N) is 3. The van der Waals surface area contributed by atoms with E-state index in [0.29, 0.717) is 5.56 Å². The number of hydrogen-bond donors (Lipinski definition) is 5. The van der Waals surface area contributed by atoms with E-state index in [1.807, 2.05) is 0 Å². The van der Waals surface area contributed by atoms with Gasteiger partial charge in [-0.15, -0.1) is 0 Å². The number of rotatable bonds is 9. The monoisotopic (exact) mass is 622 g/mol. The van der Waals surface area contributed by atoms with Crippen LogP contribution in [-0.2, 0) is 48.6 Å². The molecule has 5 rings (SSSR count). The zero-order valence-corrected chi connectivity index (χ0v) is 23.3. The lowest BCUT2D eigenvalue weighted by Gasteiger charge is -2.29. The summed E-state index contributed by atoms with van der Waals surface area (Å²) in [6.07, 6.45) is -4.40. The molecule has 0 aliphatic carbocycles. The third-order valence-corrected chi connectivity index (χ3v) is 7.67. The average molecular weight is 622 g/mol. The number of hydrogen-bond acceptors (Lipinski definition) is 14. The molecule has 4 heterocycles. The Kier molecular flexibility index (Phi) is 8.48. The molecule has 230 valence electrons. The van der Waals surface area contributed by atoms with Crippen molar-refractivity contribution >= 4 is 42.8 Å². The largest absolute Gasteiger partial charge is 0.508 e. The summed E-state index contributed by atoms with van der Waals surface area (Å²) in [7, 11) is -3.34. The van der Waals surface area contributed by atoms with Gasteiger partial charge in [-0.2, -0.15) is 4.98 Å². The van der Waals surface area contributed by atoms with Gasteiger partial charge in [-0.05, 0) is 17.7 Å². The number of anilines is 1. The number of methoxy groups -OCH3 is 1. The van der Waals surface area contributed by atoms with E-state index in [1.165, 1.54) is 23.0 Å². The maximum absolute atomic E-state index is 12.9. The van der Waals surface area contributed by atoms with Crippen molar-refractivity contribution in [1.82, 2.24) is 24.8 Å². The maximum atomic E-state index is 12.9. The Labute approximate surface area is 241 Å². The molecule has 2 aliphatic heterocycles. The Morgan fingerprint density at radius 2 is 2.02 bits per heavy atom. The molecular weight excluding hydrogens is 595 g/mol. The predicted molar refractivity (Wildman–Crippen MR) is 142 cm³/mol. The van der Waals surface area contributed by atoms with Gasteiger partial charge in [0.2, 0.25) is 11.9 Å². The van der Waals surface area contributed by atoms with Crippen molar-refractivity contribution in [2.75, 3.05) is 19.5 Å². The Morgan fingerprint density at radius 1 is 1.28 bits per heavy atom. The second-order valence-electron chi connectivity index (χ2n) is 9.64. The number of esters is 2. The summed E-state index contributed by atoms with van der Waals surface area (Å²) in [5, 5.41) is 12.0. The third kappa shape index (κ3) is 6.68. The van der Waals surface area contributed by atoms with E-state index in [0.717, 1.165) is 7.11 Å². The van der Waals surface area contributed by atoms with Crippen molar-refractivity contribution in [2.45, 2.75) is 49.8 Å². The first kappa shape index (κ1) is 30.1. The number of imidazole rings is 1. The number of fused-ring (bicyclic) bond motifs is 2. The molecule has 18 nitrogen and oxygen atoms in total. The quantitative estimate of drug-likeness (QED) is 0.148. The van der Waals surface area contributed by atoms with Crippen LogP contribution in [0, 0.1) is 0 Å². The molecule has 6 N–H and O–H groups in total. The summed E-state index contributed by atoms with van der Waals surface area (Å²) in [6.45, 7) is -0.371. The van der Waals surface area contributed by atoms with Gasteiger partial charge in [0.05, 0.1) is 26.5 Å². The van der Waals surface area contributed by atoms with E-state index >= 15 is 0 Å². The number of H-pyrrole nitrogens is 1. The minimum atomic E-state index is -4.50. The summed E-state index contributed by atoms with van der Waals surface area (Å²) in [6, 6.07) is 4.95.